The maximum absolute atomic E-state index is 12.4. The van der Waals surface area contributed by atoms with Crippen LogP contribution < -0.4 is 10.1 Å². The molecule has 0 radical (unpaired) electrons. The number of methoxy groups -OCH3 is 1. The van der Waals surface area contributed by atoms with Crippen molar-refractivity contribution >= 4 is 11.8 Å². The van der Waals surface area contributed by atoms with Gasteiger partial charge in [0.1, 0.15) is 5.75 Å². The number of hydrogen-bond donors (Lipinski definition) is 1. The van der Waals surface area contributed by atoms with Crippen molar-refractivity contribution in [3.8, 4) is 5.75 Å². The number of nitrogens with zero attached hydrogens (tertiary/aromatic N) is 2. The highest BCUT2D eigenvalue weighted by molar-refractivity contribution is 5.96. The summed E-state index contributed by atoms with van der Waals surface area (Å²) in [5.74, 6) is 0.943. The van der Waals surface area contributed by atoms with Crippen LogP contribution in [0.25, 0.3) is 0 Å². The first-order chi connectivity index (χ1) is 12.7. The van der Waals surface area contributed by atoms with Crippen LogP contribution in [0.1, 0.15) is 36.0 Å². The number of likely N-dealkylation sites (tertiary alicyclic amines) is 2. The molecular formula is C20H29N3O3. The van der Waals surface area contributed by atoms with Crippen LogP contribution in [0.4, 0.5) is 0 Å². The van der Waals surface area contributed by atoms with Crippen LogP contribution in [0.15, 0.2) is 24.3 Å². The van der Waals surface area contributed by atoms with Gasteiger partial charge in [0.2, 0.25) is 5.91 Å². The Morgan fingerprint density at radius 2 is 2.00 bits per heavy atom. The molecule has 2 amide bonds. The molecule has 1 aromatic carbocycles. The van der Waals surface area contributed by atoms with E-state index in [0.717, 1.165) is 26.1 Å². The van der Waals surface area contributed by atoms with Gasteiger partial charge in [0, 0.05) is 25.2 Å². The Kier molecular flexibility index (Phi) is 6.50. The summed E-state index contributed by atoms with van der Waals surface area (Å²) < 4.78 is 5.13. The van der Waals surface area contributed by atoms with Gasteiger partial charge in [-0.1, -0.05) is 12.5 Å². The first-order valence-electron chi connectivity index (χ1n) is 9.58. The molecule has 2 heterocycles. The number of rotatable bonds is 6. The second-order valence-corrected chi connectivity index (χ2v) is 7.27. The minimum absolute atomic E-state index is 0.00221. The minimum atomic E-state index is -0.249. The number of carbonyl (C=O) groups excluding carboxylic acids is 2. The third-order valence-electron chi connectivity index (χ3n) is 5.34. The summed E-state index contributed by atoms with van der Waals surface area (Å²) in [5, 5.41) is 2.73. The predicted octanol–water partition coefficient (Wildman–Crippen LogP) is 1.76. The highest BCUT2D eigenvalue weighted by Gasteiger charge is 2.28. The van der Waals surface area contributed by atoms with Crippen molar-refractivity contribution in [1.82, 2.24) is 15.1 Å². The zero-order chi connectivity index (χ0) is 18.4. The Labute approximate surface area is 155 Å². The molecule has 0 bridgehead atoms. The second-order valence-electron chi connectivity index (χ2n) is 7.27. The lowest BCUT2D eigenvalue weighted by atomic mass is 10.1. The molecule has 1 N–H and O–H groups in total. The summed E-state index contributed by atoms with van der Waals surface area (Å²) in [6, 6.07) is 6.94. The normalized spacial score (nSPS) is 20.8. The van der Waals surface area contributed by atoms with Gasteiger partial charge in [-0.3, -0.25) is 9.59 Å². The molecule has 1 unspecified atom stereocenters. The van der Waals surface area contributed by atoms with E-state index in [2.05, 4.69) is 10.2 Å². The van der Waals surface area contributed by atoms with Gasteiger partial charge in [0.15, 0.2) is 0 Å². The van der Waals surface area contributed by atoms with Crippen LogP contribution in [-0.2, 0) is 4.79 Å². The molecule has 2 fully saturated rings. The quantitative estimate of drug-likeness (QED) is 0.841. The van der Waals surface area contributed by atoms with Crippen LogP contribution in [0.3, 0.4) is 0 Å². The van der Waals surface area contributed by atoms with Crippen LogP contribution in [0.5, 0.6) is 5.75 Å². The van der Waals surface area contributed by atoms with E-state index in [9.17, 15) is 9.59 Å². The fourth-order valence-electron chi connectivity index (χ4n) is 3.85. The van der Waals surface area contributed by atoms with E-state index in [1.54, 1.807) is 31.4 Å². The van der Waals surface area contributed by atoms with Gasteiger partial charge >= 0.3 is 0 Å². The average Bonchev–Trinajstić information content (AvgIpc) is 3.15. The van der Waals surface area contributed by atoms with Crippen LogP contribution >= 0.6 is 0 Å². The Morgan fingerprint density at radius 3 is 2.77 bits per heavy atom. The van der Waals surface area contributed by atoms with E-state index in [0.29, 0.717) is 17.2 Å². The van der Waals surface area contributed by atoms with Crippen molar-refractivity contribution in [2.75, 3.05) is 46.4 Å². The molecule has 1 atom stereocenters. The van der Waals surface area contributed by atoms with Gasteiger partial charge in [0.05, 0.1) is 13.7 Å². The molecule has 6 heteroatoms. The Hall–Kier alpha value is -2.08. The zero-order valence-corrected chi connectivity index (χ0v) is 15.6. The van der Waals surface area contributed by atoms with E-state index in [4.69, 9.17) is 4.74 Å². The summed E-state index contributed by atoms with van der Waals surface area (Å²) in [5.41, 5.74) is 0.501. The van der Waals surface area contributed by atoms with Crippen molar-refractivity contribution in [2.45, 2.75) is 25.7 Å². The number of ether oxygens (including phenoxy) is 1. The van der Waals surface area contributed by atoms with Gasteiger partial charge in [-0.15, -0.1) is 0 Å². The number of amides is 2. The molecule has 1 aromatic rings. The van der Waals surface area contributed by atoms with Crippen LogP contribution in [-0.4, -0.2) is 68.0 Å². The number of benzene rings is 1. The molecule has 2 saturated heterocycles. The lowest BCUT2D eigenvalue weighted by Gasteiger charge is -2.29. The summed E-state index contributed by atoms with van der Waals surface area (Å²) in [6.45, 7) is 5.14. The third-order valence-corrected chi connectivity index (χ3v) is 5.34. The maximum atomic E-state index is 12.4. The molecule has 142 valence electrons. The minimum Gasteiger partial charge on any atom is -0.497 e. The molecule has 2 aliphatic heterocycles. The first kappa shape index (κ1) is 18.7. The topological polar surface area (TPSA) is 61.9 Å². The molecule has 26 heavy (non-hydrogen) atoms. The van der Waals surface area contributed by atoms with E-state index >= 15 is 0 Å². The molecule has 0 saturated carbocycles. The van der Waals surface area contributed by atoms with E-state index < -0.39 is 0 Å². The number of nitrogens with one attached hydrogen (secondary N) is 1. The van der Waals surface area contributed by atoms with Gasteiger partial charge in [-0.2, -0.15) is 0 Å². The van der Waals surface area contributed by atoms with Gasteiger partial charge < -0.3 is 19.9 Å². The number of hydrogen-bond acceptors (Lipinski definition) is 4. The molecule has 0 aromatic heterocycles. The van der Waals surface area contributed by atoms with Crippen LogP contribution in [0, 0.1) is 5.92 Å². The third kappa shape index (κ3) is 4.97. The zero-order valence-electron chi connectivity index (χ0n) is 15.6. The summed E-state index contributed by atoms with van der Waals surface area (Å²) >= 11 is 0. The number of carbonyl (C=O) groups is 2. The largest absolute Gasteiger partial charge is 0.497 e. The summed E-state index contributed by atoms with van der Waals surface area (Å²) in [6.07, 6.45) is 5.00. The molecule has 0 aliphatic carbocycles. The Morgan fingerprint density at radius 1 is 1.19 bits per heavy atom. The SMILES string of the molecule is COc1cccc(C(=O)NCC(=O)N2CCC(CN3CCCCC3)C2)c1. The fourth-order valence-corrected chi connectivity index (χ4v) is 3.85. The lowest BCUT2D eigenvalue weighted by molar-refractivity contribution is -0.129. The lowest BCUT2D eigenvalue weighted by Crippen LogP contribution is -2.40. The second kappa shape index (κ2) is 9.03. The molecule has 3 rings (SSSR count). The Bertz CT molecular complexity index is 628. The van der Waals surface area contributed by atoms with Crippen molar-refractivity contribution in [3.05, 3.63) is 29.8 Å². The van der Waals surface area contributed by atoms with Crippen molar-refractivity contribution < 1.29 is 14.3 Å². The molecule has 0 spiro atoms. The van der Waals surface area contributed by atoms with E-state index in [1.807, 2.05) is 4.90 Å². The van der Waals surface area contributed by atoms with Crippen LogP contribution in [0.2, 0.25) is 0 Å². The van der Waals surface area contributed by atoms with E-state index in [1.165, 1.54) is 32.4 Å². The molecule has 2 aliphatic rings. The summed E-state index contributed by atoms with van der Waals surface area (Å²) in [4.78, 5) is 29.1. The average molecular weight is 359 g/mol. The predicted molar refractivity (Wildman–Crippen MR) is 100 cm³/mol. The maximum Gasteiger partial charge on any atom is 0.251 e. The van der Waals surface area contributed by atoms with Gasteiger partial charge in [-0.05, 0) is 56.5 Å². The monoisotopic (exact) mass is 359 g/mol. The van der Waals surface area contributed by atoms with Gasteiger partial charge in [0.25, 0.3) is 5.91 Å². The van der Waals surface area contributed by atoms with E-state index in [-0.39, 0.29) is 18.4 Å². The highest BCUT2D eigenvalue weighted by Crippen LogP contribution is 2.20. The highest BCUT2D eigenvalue weighted by atomic mass is 16.5. The van der Waals surface area contributed by atoms with Crippen molar-refractivity contribution in [3.63, 3.8) is 0 Å². The first-order valence-corrected chi connectivity index (χ1v) is 9.58. The Balaban J connectivity index is 1.42. The fraction of sp³-hybridized carbons (Fsp3) is 0.600. The number of piperidine rings is 1. The summed E-state index contributed by atoms with van der Waals surface area (Å²) in [7, 11) is 1.56. The smallest absolute Gasteiger partial charge is 0.251 e. The van der Waals surface area contributed by atoms with Crippen molar-refractivity contribution in [2.24, 2.45) is 5.92 Å². The van der Waals surface area contributed by atoms with Gasteiger partial charge in [-0.25, -0.2) is 0 Å². The standard InChI is InChI=1S/C20H29N3O3/c1-26-18-7-5-6-17(12-18)20(25)21-13-19(24)23-11-8-16(15-23)14-22-9-3-2-4-10-22/h5-7,12,16H,2-4,8-11,13-15H2,1H3,(H,21,25). The molecular weight excluding hydrogens is 330 g/mol. The molecule has 6 nitrogen and oxygen atoms in total. The van der Waals surface area contributed by atoms with Crippen molar-refractivity contribution in [1.29, 1.82) is 0 Å².